The molecule has 0 spiro atoms. The lowest BCUT2D eigenvalue weighted by molar-refractivity contribution is -0.113. The van der Waals surface area contributed by atoms with Crippen molar-refractivity contribution in [1.29, 1.82) is 0 Å². The highest BCUT2D eigenvalue weighted by Gasteiger charge is 2.33. The number of nitrogens with zero attached hydrogens (tertiary/aromatic N) is 1. The van der Waals surface area contributed by atoms with E-state index in [2.05, 4.69) is 15.4 Å². The SMILES string of the molecule is O=C1CS[C@H](c2cc3ccccc3[nH]c2=O)c2c(n(C3CCOCC3)[nH]c2=O)N1. The van der Waals surface area contributed by atoms with E-state index < -0.39 is 5.25 Å². The van der Waals surface area contributed by atoms with Gasteiger partial charge in [0.1, 0.15) is 5.82 Å². The van der Waals surface area contributed by atoms with E-state index in [9.17, 15) is 14.4 Å². The Balaban J connectivity index is 1.68. The highest BCUT2D eigenvalue weighted by atomic mass is 32.2. The number of rotatable bonds is 2. The molecule has 3 N–H and O–H groups in total. The second-order valence-electron chi connectivity index (χ2n) is 7.30. The van der Waals surface area contributed by atoms with Crippen molar-refractivity contribution in [1.82, 2.24) is 14.8 Å². The van der Waals surface area contributed by atoms with Gasteiger partial charge in [0.2, 0.25) is 5.91 Å². The van der Waals surface area contributed by atoms with Crippen LogP contribution in [0, 0.1) is 0 Å². The summed E-state index contributed by atoms with van der Waals surface area (Å²) in [5.41, 5.74) is 1.11. The predicted molar refractivity (Wildman–Crippen MR) is 112 cm³/mol. The zero-order valence-corrected chi connectivity index (χ0v) is 16.4. The highest BCUT2D eigenvalue weighted by Crippen LogP contribution is 2.40. The molecule has 5 rings (SSSR count). The topological polar surface area (TPSA) is 109 Å². The normalized spacial score (nSPS) is 20.3. The monoisotopic (exact) mass is 412 g/mol. The molecule has 0 radical (unpaired) electrons. The fourth-order valence-electron chi connectivity index (χ4n) is 4.07. The quantitative estimate of drug-likeness (QED) is 0.598. The van der Waals surface area contributed by atoms with Gasteiger partial charge in [0.15, 0.2) is 0 Å². The maximum absolute atomic E-state index is 13.0. The molecule has 2 aliphatic heterocycles. The minimum atomic E-state index is -0.540. The molecule has 1 atom stereocenters. The Morgan fingerprint density at radius 2 is 1.86 bits per heavy atom. The van der Waals surface area contributed by atoms with Crippen LogP contribution < -0.4 is 16.4 Å². The molecule has 9 heteroatoms. The maximum atomic E-state index is 13.0. The highest BCUT2D eigenvalue weighted by molar-refractivity contribution is 8.00. The molecule has 2 aromatic heterocycles. The molecular weight excluding hydrogens is 392 g/mol. The van der Waals surface area contributed by atoms with E-state index in [1.54, 1.807) is 4.68 Å². The molecule has 2 aliphatic rings. The van der Waals surface area contributed by atoms with Crippen molar-refractivity contribution in [3.05, 3.63) is 62.2 Å². The summed E-state index contributed by atoms with van der Waals surface area (Å²) in [5.74, 6) is 0.448. The largest absolute Gasteiger partial charge is 0.381 e. The zero-order valence-electron chi connectivity index (χ0n) is 15.6. The van der Waals surface area contributed by atoms with Crippen LogP contribution in [0.4, 0.5) is 5.82 Å². The van der Waals surface area contributed by atoms with E-state index in [0.29, 0.717) is 30.2 Å². The Bertz CT molecular complexity index is 1210. The third kappa shape index (κ3) is 3.20. The molecule has 1 aromatic carbocycles. The lowest BCUT2D eigenvalue weighted by atomic mass is 10.0. The standard InChI is InChI=1S/C20H20N4O4S/c25-15-10-29-17(13-9-11-3-1-2-4-14(11)21-19(13)26)16-18(22-15)24(23-20(16)27)12-5-7-28-8-6-12/h1-4,9,12,17H,5-8,10H2,(H,21,26)(H,22,25)(H,23,27)/t17-/m1/s1. The van der Waals surface area contributed by atoms with Crippen LogP contribution in [0.2, 0.25) is 0 Å². The zero-order chi connectivity index (χ0) is 20.0. The lowest BCUT2D eigenvalue weighted by Crippen LogP contribution is -2.24. The summed E-state index contributed by atoms with van der Waals surface area (Å²) in [6.07, 6.45) is 1.50. The van der Waals surface area contributed by atoms with E-state index in [1.807, 2.05) is 30.3 Å². The first kappa shape index (κ1) is 18.3. The van der Waals surface area contributed by atoms with Crippen molar-refractivity contribution in [3.8, 4) is 0 Å². The first-order chi connectivity index (χ1) is 14.1. The number of hydrogen-bond donors (Lipinski definition) is 3. The van der Waals surface area contributed by atoms with Crippen molar-refractivity contribution in [3.63, 3.8) is 0 Å². The van der Waals surface area contributed by atoms with Gasteiger partial charge in [-0.1, -0.05) is 18.2 Å². The summed E-state index contributed by atoms with van der Waals surface area (Å²) in [6.45, 7) is 1.21. The average molecular weight is 412 g/mol. The van der Waals surface area contributed by atoms with Gasteiger partial charge in [0, 0.05) is 24.3 Å². The Morgan fingerprint density at radius 3 is 2.69 bits per heavy atom. The van der Waals surface area contributed by atoms with Gasteiger partial charge in [0.25, 0.3) is 11.1 Å². The van der Waals surface area contributed by atoms with Gasteiger partial charge < -0.3 is 15.0 Å². The first-order valence-electron chi connectivity index (χ1n) is 9.57. The van der Waals surface area contributed by atoms with Crippen LogP contribution >= 0.6 is 11.8 Å². The van der Waals surface area contributed by atoms with Gasteiger partial charge in [-0.3, -0.25) is 24.2 Å². The second-order valence-corrected chi connectivity index (χ2v) is 8.39. The summed E-state index contributed by atoms with van der Waals surface area (Å²) in [5, 5.41) is 6.12. The van der Waals surface area contributed by atoms with E-state index >= 15 is 0 Å². The molecule has 0 unspecified atom stereocenters. The van der Waals surface area contributed by atoms with Gasteiger partial charge in [-0.25, -0.2) is 0 Å². The number of nitrogens with one attached hydrogen (secondary N) is 3. The molecule has 0 bridgehead atoms. The predicted octanol–water partition coefficient (Wildman–Crippen LogP) is 2.14. The van der Waals surface area contributed by atoms with Gasteiger partial charge in [0.05, 0.1) is 22.6 Å². The fourth-order valence-corrected chi connectivity index (χ4v) is 5.20. The molecule has 0 aliphatic carbocycles. The summed E-state index contributed by atoms with van der Waals surface area (Å²) in [6, 6.07) is 9.37. The Hall–Kier alpha value is -2.78. The Labute approximate surface area is 169 Å². The van der Waals surface area contributed by atoms with Gasteiger partial charge >= 0.3 is 0 Å². The minimum absolute atomic E-state index is 0.0409. The molecule has 1 fully saturated rings. The number of hydrogen-bond acceptors (Lipinski definition) is 5. The Kier molecular flexibility index (Phi) is 4.56. The van der Waals surface area contributed by atoms with Gasteiger partial charge in [-0.15, -0.1) is 11.8 Å². The summed E-state index contributed by atoms with van der Waals surface area (Å²) in [7, 11) is 0. The molecule has 0 saturated carbocycles. The second kappa shape index (κ2) is 7.23. The fraction of sp³-hybridized carbons (Fsp3) is 0.350. The number of H-pyrrole nitrogens is 2. The number of para-hydroxylation sites is 1. The number of aromatic nitrogens is 3. The van der Waals surface area contributed by atoms with Crippen LogP contribution in [0.15, 0.2) is 39.9 Å². The van der Waals surface area contributed by atoms with Crippen molar-refractivity contribution in [2.24, 2.45) is 0 Å². The third-order valence-corrected chi connectivity index (χ3v) is 6.74. The van der Waals surface area contributed by atoms with Crippen LogP contribution in [0.1, 0.15) is 35.3 Å². The molecular formula is C20H20N4O4S. The van der Waals surface area contributed by atoms with Crippen molar-refractivity contribution < 1.29 is 9.53 Å². The van der Waals surface area contributed by atoms with Crippen LogP contribution in [0.25, 0.3) is 10.9 Å². The number of pyridine rings is 1. The van der Waals surface area contributed by atoms with Gasteiger partial charge in [-0.2, -0.15) is 0 Å². The van der Waals surface area contributed by atoms with Crippen molar-refractivity contribution >= 4 is 34.4 Å². The molecule has 3 aromatic rings. The number of carbonyl (C=O) groups excluding carboxylic acids is 1. The number of amides is 1. The van der Waals surface area contributed by atoms with Crippen molar-refractivity contribution in [2.45, 2.75) is 24.1 Å². The number of thioether (sulfide) groups is 1. The van der Waals surface area contributed by atoms with Crippen LogP contribution in [0.5, 0.6) is 0 Å². The van der Waals surface area contributed by atoms with E-state index in [-0.39, 0.29) is 28.8 Å². The summed E-state index contributed by atoms with van der Waals surface area (Å²) < 4.78 is 7.18. The third-order valence-electron chi connectivity index (χ3n) is 5.48. The smallest absolute Gasteiger partial charge is 0.270 e. The number of carbonyl (C=O) groups is 1. The molecule has 1 saturated heterocycles. The number of anilines is 1. The average Bonchev–Trinajstić information content (AvgIpc) is 2.94. The van der Waals surface area contributed by atoms with Crippen LogP contribution in [-0.4, -0.2) is 39.6 Å². The number of benzene rings is 1. The molecule has 8 nitrogen and oxygen atoms in total. The van der Waals surface area contributed by atoms with E-state index in [0.717, 1.165) is 23.7 Å². The minimum Gasteiger partial charge on any atom is -0.381 e. The number of aromatic amines is 2. The maximum Gasteiger partial charge on any atom is 0.270 e. The first-order valence-corrected chi connectivity index (χ1v) is 10.6. The van der Waals surface area contributed by atoms with Gasteiger partial charge in [-0.05, 0) is 30.4 Å². The number of fused-ring (bicyclic) bond motifs is 2. The Morgan fingerprint density at radius 1 is 1.07 bits per heavy atom. The van der Waals surface area contributed by atoms with Crippen LogP contribution in [-0.2, 0) is 9.53 Å². The molecule has 150 valence electrons. The number of ether oxygens (including phenoxy) is 1. The summed E-state index contributed by atoms with van der Waals surface area (Å²) in [4.78, 5) is 41.1. The van der Waals surface area contributed by atoms with E-state index in [4.69, 9.17) is 4.74 Å². The molecule has 1 amide bonds. The van der Waals surface area contributed by atoms with E-state index in [1.165, 1.54) is 11.8 Å². The summed E-state index contributed by atoms with van der Waals surface area (Å²) >= 11 is 1.29. The molecule has 4 heterocycles. The van der Waals surface area contributed by atoms with Crippen molar-refractivity contribution in [2.75, 3.05) is 24.3 Å². The van der Waals surface area contributed by atoms with Crippen LogP contribution in [0.3, 0.4) is 0 Å². The lowest BCUT2D eigenvalue weighted by Gasteiger charge is -2.25. The molecule has 29 heavy (non-hydrogen) atoms.